The number of amides is 1. The van der Waals surface area contributed by atoms with Gasteiger partial charge in [-0.2, -0.15) is 0 Å². The zero-order chi connectivity index (χ0) is 17.7. The molecule has 2 N–H and O–H groups in total. The maximum Gasteiger partial charge on any atom is 0.254 e. The lowest BCUT2D eigenvalue weighted by molar-refractivity contribution is 0.0623. The molecular weight excluding hydrogens is 363 g/mol. The van der Waals surface area contributed by atoms with Crippen molar-refractivity contribution < 1.29 is 14.3 Å². The van der Waals surface area contributed by atoms with Gasteiger partial charge >= 0.3 is 0 Å². The topological polar surface area (TPSA) is 64.8 Å². The third-order valence-corrected chi connectivity index (χ3v) is 4.48. The molecule has 1 aliphatic heterocycles. The fourth-order valence-corrected chi connectivity index (χ4v) is 3.18. The molecule has 1 unspecified atom stereocenters. The minimum absolute atomic E-state index is 0. The van der Waals surface area contributed by atoms with Gasteiger partial charge < -0.3 is 20.1 Å². The predicted molar refractivity (Wildman–Crippen MR) is 103 cm³/mol. The molecule has 1 saturated heterocycles. The Hall–Kier alpha value is -1.17. The van der Waals surface area contributed by atoms with Crippen LogP contribution in [0.1, 0.15) is 43.5 Å². The van der Waals surface area contributed by atoms with E-state index in [1.807, 2.05) is 4.90 Å². The highest BCUT2D eigenvalue weighted by Gasteiger charge is 2.27. The van der Waals surface area contributed by atoms with E-state index in [4.69, 9.17) is 26.8 Å². The summed E-state index contributed by atoms with van der Waals surface area (Å²) in [6.45, 7) is 5.85. The van der Waals surface area contributed by atoms with E-state index in [1.54, 1.807) is 19.2 Å². The first kappa shape index (κ1) is 21.9. The number of rotatable bonds is 6. The molecule has 0 spiro atoms. The maximum absolute atomic E-state index is 12.9. The number of benzene rings is 1. The summed E-state index contributed by atoms with van der Waals surface area (Å²) in [4.78, 5) is 14.7. The van der Waals surface area contributed by atoms with E-state index in [-0.39, 0.29) is 24.4 Å². The van der Waals surface area contributed by atoms with E-state index < -0.39 is 0 Å². The minimum atomic E-state index is -0.0549. The summed E-state index contributed by atoms with van der Waals surface area (Å²) >= 11 is 6.35. The molecule has 0 aromatic heterocycles. The molecule has 0 bridgehead atoms. The third-order valence-electron chi connectivity index (χ3n) is 4.20. The largest absolute Gasteiger partial charge is 0.493 e. The molecule has 0 saturated carbocycles. The first-order valence-corrected chi connectivity index (χ1v) is 8.87. The van der Waals surface area contributed by atoms with Crippen molar-refractivity contribution in [3.63, 3.8) is 0 Å². The number of nitrogens with zero attached hydrogens (tertiary/aromatic N) is 1. The van der Waals surface area contributed by atoms with Gasteiger partial charge in [-0.1, -0.05) is 25.4 Å². The minimum Gasteiger partial charge on any atom is -0.493 e. The second-order valence-corrected chi connectivity index (χ2v) is 6.99. The number of ether oxygens (including phenoxy) is 2. The Labute approximate surface area is 161 Å². The number of likely N-dealkylation sites (tertiary alicyclic amines) is 1. The van der Waals surface area contributed by atoms with Gasteiger partial charge in [-0.05, 0) is 37.3 Å². The van der Waals surface area contributed by atoms with Gasteiger partial charge in [0.2, 0.25) is 0 Å². The smallest absolute Gasteiger partial charge is 0.254 e. The highest BCUT2D eigenvalue weighted by Crippen LogP contribution is 2.37. The van der Waals surface area contributed by atoms with Gasteiger partial charge in [0.05, 0.1) is 18.7 Å². The number of hydrogen-bond donors (Lipinski definition) is 1. The molecule has 0 radical (unpaired) electrons. The summed E-state index contributed by atoms with van der Waals surface area (Å²) in [5.41, 5.74) is 6.33. The van der Waals surface area contributed by atoms with Gasteiger partial charge in [0.25, 0.3) is 5.91 Å². The lowest BCUT2D eigenvalue weighted by atomic mass is 10.0. The molecule has 7 heteroatoms. The Kier molecular flexibility index (Phi) is 8.83. The van der Waals surface area contributed by atoms with Crippen molar-refractivity contribution in [2.24, 2.45) is 11.7 Å². The summed E-state index contributed by atoms with van der Waals surface area (Å²) < 4.78 is 11.1. The monoisotopic (exact) mass is 390 g/mol. The van der Waals surface area contributed by atoms with Crippen molar-refractivity contribution in [1.29, 1.82) is 0 Å². The van der Waals surface area contributed by atoms with Crippen LogP contribution in [0, 0.1) is 5.92 Å². The average molecular weight is 391 g/mol. The van der Waals surface area contributed by atoms with Crippen molar-refractivity contribution in [1.82, 2.24) is 4.90 Å². The number of carbonyl (C=O) groups excluding carboxylic acids is 1. The Balaban J connectivity index is 0.00000312. The van der Waals surface area contributed by atoms with Crippen molar-refractivity contribution in [3.05, 3.63) is 22.7 Å². The molecule has 1 aromatic rings. The second-order valence-electron chi connectivity index (χ2n) is 6.58. The number of piperidine rings is 1. The molecule has 1 fully saturated rings. The number of methoxy groups -OCH3 is 1. The molecule has 1 aliphatic rings. The van der Waals surface area contributed by atoms with Crippen molar-refractivity contribution in [2.75, 3.05) is 26.8 Å². The van der Waals surface area contributed by atoms with Crippen LogP contribution >= 0.6 is 24.0 Å². The summed E-state index contributed by atoms with van der Waals surface area (Å²) in [7, 11) is 1.55. The van der Waals surface area contributed by atoms with Crippen molar-refractivity contribution >= 4 is 29.9 Å². The Morgan fingerprint density at radius 1 is 1.40 bits per heavy atom. The zero-order valence-electron chi connectivity index (χ0n) is 15.1. The molecule has 142 valence electrons. The van der Waals surface area contributed by atoms with Crippen LogP contribution in [0.15, 0.2) is 12.1 Å². The van der Waals surface area contributed by atoms with Crippen molar-refractivity contribution in [3.8, 4) is 11.5 Å². The normalized spacial score (nSPS) is 17.2. The average Bonchev–Trinajstić information content (AvgIpc) is 2.59. The van der Waals surface area contributed by atoms with E-state index in [1.165, 1.54) is 0 Å². The van der Waals surface area contributed by atoms with Gasteiger partial charge in [0, 0.05) is 24.7 Å². The van der Waals surface area contributed by atoms with Crippen LogP contribution < -0.4 is 15.2 Å². The van der Waals surface area contributed by atoms with Gasteiger partial charge in [-0.15, -0.1) is 12.4 Å². The number of hydrogen-bond acceptors (Lipinski definition) is 4. The Morgan fingerprint density at radius 3 is 2.72 bits per heavy atom. The molecule has 1 atom stereocenters. The molecule has 5 nitrogen and oxygen atoms in total. The highest BCUT2D eigenvalue weighted by atomic mass is 35.5. The van der Waals surface area contributed by atoms with Crippen LogP contribution in [0.25, 0.3) is 0 Å². The molecule has 1 aromatic carbocycles. The van der Waals surface area contributed by atoms with E-state index in [9.17, 15) is 4.79 Å². The molecule has 2 rings (SSSR count). The molecule has 1 amide bonds. The summed E-state index contributed by atoms with van der Waals surface area (Å²) in [5.74, 6) is 1.28. The summed E-state index contributed by atoms with van der Waals surface area (Å²) in [6.07, 6.45) is 3.06. The fourth-order valence-electron chi connectivity index (χ4n) is 2.91. The fraction of sp³-hybridized carbons (Fsp3) is 0.611. The van der Waals surface area contributed by atoms with Gasteiger partial charge in [-0.3, -0.25) is 4.79 Å². The zero-order valence-corrected chi connectivity index (χ0v) is 16.7. The van der Waals surface area contributed by atoms with E-state index in [0.29, 0.717) is 41.2 Å². The maximum atomic E-state index is 12.9. The predicted octanol–water partition coefficient (Wildman–Crippen LogP) is 3.76. The quantitative estimate of drug-likeness (QED) is 0.802. The molecular formula is C18H28Cl2N2O3. The van der Waals surface area contributed by atoms with Gasteiger partial charge in [-0.25, -0.2) is 0 Å². The van der Waals surface area contributed by atoms with Gasteiger partial charge in [0.15, 0.2) is 11.5 Å². The summed E-state index contributed by atoms with van der Waals surface area (Å²) in [5, 5.41) is 0.389. The van der Waals surface area contributed by atoms with Crippen molar-refractivity contribution in [2.45, 2.75) is 39.2 Å². The van der Waals surface area contributed by atoms with E-state index >= 15 is 0 Å². The van der Waals surface area contributed by atoms with Gasteiger partial charge in [0.1, 0.15) is 0 Å². The number of carbonyl (C=O) groups is 1. The first-order chi connectivity index (χ1) is 11.5. The Bertz CT molecular complexity index is 582. The third kappa shape index (κ3) is 5.40. The van der Waals surface area contributed by atoms with Crippen LogP contribution in [0.5, 0.6) is 11.5 Å². The SMILES string of the molecule is COc1cc(C(=O)N2CCCCC2CN)cc(Cl)c1OCC(C)C.Cl. The Morgan fingerprint density at radius 2 is 2.12 bits per heavy atom. The standard InChI is InChI=1S/C18H27ClN2O3.ClH/c1-12(2)11-24-17-15(19)8-13(9-16(17)23-3)18(22)21-7-5-4-6-14(21)10-20;/h8-9,12,14H,4-7,10-11,20H2,1-3H3;1H. The van der Waals surface area contributed by atoms with E-state index in [2.05, 4.69) is 13.8 Å². The van der Waals surface area contributed by atoms with E-state index in [0.717, 1.165) is 25.8 Å². The van der Waals surface area contributed by atoms with Crippen LogP contribution in [-0.4, -0.2) is 43.7 Å². The van der Waals surface area contributed by atoms with Crippen LogP contribution in [0.2, 0.25) is 5.02 Å². The first-order valence-electron chi connectivity index (χ1n) is 8.49. The van der Waals surface area contributed by atoms with Crippen LogP contribution in [-0.2, 0) is 0 Å². The molecule has 0 aliphatic carbocycles. The highest BCUT2D eigenvalue weighted by molar-refractivity contribution is 6.32. The molecule has 1 heterocycles. The number of nitrogens with two attached hydrogens (primary N) is 1. The summed E-state index contributed by atoms with van der Waals surface area (Å²) in [6, 6.07) is 3.45. The van der Waals surface area contributed by atoms with Crippen LogP contribution in [0.4, 0.5) is 0 Å². The number of halogens is 2. The van der Waals surface area contributed by atoms with Crippen LogP contribution in [0.3, 0.4) is 0 Å². The molecule has 25 heavy (non-hydrogen) atoms. The second kappa shape index (κ2) is 10.1. The lowest BCUT2D eigenvalue weighted by Gasteiger charge is -2.35. The lowest BCUT2D eigenvalue weighted by Crippen LogP contribution is -2.47.